The molecular formula is C18H17N3O5S. The number of aryl methyl sites for hydroxylation is 1. The maximum Gasteiger partial charge on any atom is 0.349 e. The lowest BCUT2D eigenvalue weighted by Crippen LogP contribution is -2.29. The van der Waals surface area contributed by atoms with Gasteiger partial charge in [0.15, 0.2) is 5.82 Å². The first kappa shape index (κ1) is 17.6. The minimum atomic E-state index is -0.676. The smallest absolute Gasteiger partial charge is 0.349 e. The second-order valence-electron chi connectivity index (χ2n) is 6.17. The lowest BCUT2D eigenvalue weighted by atomic mass is 10.1. The van der Waals surface area contributed by atoms with Gasteiger partial charge in [-0.3, -0.25) is 4.79 Å². The number of aromatic nitrogens is 2. The van der Waals surface area contributed by atoms with E-state index < -0.39 is 11.5 Å². The molecule has 1 aliphatic rings. The van der Waals surface area contributed by atoms with Crippen molar-refractivity contribution in [1.29, 1.82) is 0 Å². The van der Waals surface area contributed by atoms with Crippen molar-refractivity contribution in [2.24, 2.45) is 0 Å². The molecule has 0 spiro atoms. The van der Waals surface area contributed by atoms with Gasteiger partial charge in [0, 0.05) is 6.61 Å². The number of rotatable bonds is 5. The average Bonchev–Trinajstić information content (AvgIpc) is 3.41. The zero-order chi connectivity index (χ0) is 18.8. The summed E-state index contributed by atoms with van der Waals surface area (Å²) >= 11 is 1.48. The van der Waals surface area contributed by atoms with Crippen molar-refractivity contribution in [2.75, 3.05) is 6.61 Å². The molecule has 140 valence electrons. The van der Waals surface area contributed by atoms with E-state index in [-0.39, 0.29) is 18.2 Å². The van der Waals surface area contributed by atoms with E-state index in [0.717, 1.165) is 17.7 Å². The third-order valence-corrected chi connectivity index (χ3v) is 5.11. The zero-order valence-corrected chi connectivity index (χ0v) is 15.4. The molecule has 1 N–H and O–H groups in total. The van der Waals surface area contributed by atoms with Crippen molar-refractivity contribution >= 4 is 17.2 Å². The summed E-state index contributed by atoms with van der Waals surface area (Å²) in [6.45, 7) is 2.39. The van der Waals surface area contributed by atoms with Gasteiger partial charge < -0.3 is 19.0 Å². The summed E-state index contributed by atoms with van der Waals surface area (Å²) in [7, 11) is 0. The molecule has 9 heteroatoms. The van der Waals surface area contributed by atoms with Crippen molar-refractivity contribution < 1.29 is 18.5 Å². The topological polar surface area (TPSA) is 107 Å². The van der Waals surface area contributed by atoms with Gasteiger partial charge in [-0.15, -0.1) is 11.3 Å². The van der Waals surface area contributed by atoms with Crippen molar-refractivity contribution in [1.82, 2.24) is 15.5 Å². The number of thiophene rings is 1. The fraction of sp³-hybridized carbons (Fsp3) is 0.333. The van der Waals surface area contributed by atoms with Crippen LogP contribution < -0.4 is 10.9 Å². The summed E-state index contributed by atoms with van der Waals surface area (Å²) in [5, 5.41) is 8.38. The molecule has 0 aliphatic carbocycles. The fourth-order valence-electron chi connectivity index (χ4n) is 2.94. The van der Waals surface area contributed by atoms with Gasteiger partial charge in [0.05, 0.1) is 11.4 Å². The Bertz CT molecular complexity index is 1000. The number of ether oxygens (including phenoxy) is 1. The third kappa shape index (κ3) is 3.69. The van der Waals surface area contributed by atoms with Gasteiger partial charge in [-0.1, -0.05) is 11.2 Å². The lowest BCUT2D eigenvalue weighted by molar-refractivity contribution is 0.0882. The molecule has 8 nitrogen and oxygen atoms in total. The molecule has 1 saturated heterocycles. The van der Waals surface area contributed by atoms with Crippen molar-refractivity contribution in [3.8, 4) is 10.8 Å². The first-order chi connectivity index (χ1) is 13.1. The number of hydrogen-bond donors (Lipinski definition) is 1. The van der Waals surface area contributed by atoms with Crippen LogP contribution in [0, 0.1) is 6.92 Å². The Balaban J connectivity index is 1.46. The normalized spacial score (nSPS) is 16.6. The quantitative estimate of drug-likeness (QED) is 0.717. The zero-order valence-electron chi connectivity index (χ0n) is 14.6. The van der Waals surface area contributed by atoms with Gasteiger partial charge in [-0.25, -0.2) is 4.79 Å². The maximum absolute atomic E-state index is 12.4. The molecule has 1 unspecified atom stereocenters. The van der Waals surface area contributed by atoms with Crippen LogP contribution in [0.15, 0.2) is 37.3 Å². The summed E-state index contributed by atoms with van der Waals surface area (Å²) in [6, 6.07) is 5.44. The van der Waals surface area contributed by atoms with Gasteiger partial charge in [-0.05, 0) is 42.8 Å². The Hall–Kier alpha value is -2.78. The molecule has 3 aromatic heterocycles. The molecule has 4 heterocycles. The van der Waals surface area contributed by atoms with Gasteiger partial charge >= 0.3 is 5.63 Å². The highest BCUT2D eigenvalue weighted by Crippen LogP contribution is 2.28. The van der Waals surface area contributed by atoms with E-state index in [4.69, 9.17) is 13.7 Å². The lowest BCUT2D eigenvalue weighted by Gasteiger charge is -2.10. The second kappa shape index (κ2) is 7.45. The summed E-state index contributed by atoms with van der Waals surface area (Å²) in [6.07, 6.45) is 1.51. The van der Waals surface area contributed by atoms with Crippen LogP contribution in [0.1, 0.15) is 46.5 Å². The van der Waals surface area contributed by atoms with E-state index in [9.17, 15) is 9.59 Å². The minimum absolute atomic E-state index is 0.0290. The first-order valence-electron chi connectivity index (χ1n) is 8.52. The molecular weight excluding hydrogens is 370 g/mol. The minimum Gasteiger partial charge on any atom is -0.424 e. The van der Waals surface area contributed by atoms with E-state index in [0.29, 0.717) is 29.6 Å². The molecule has 4 rings (SSSR count). The molecule has 27 heavy (non-hydrogen) atoms. The summed E-state index contributed by atoms with van der Waals surface area (Å²) in [5.41, 5.74) is -0.161. The summed E-state index contributed by atoms with van der Waals surface area (Å²) < 4.78 is 16.0. The number of nitrogens with one attached hydrogen (secondary N) is 1. The van der Waals surface area contributed by atoms with Crippen LogP contribution in [-0.4, -0.2) is 22.7 Å². The molecule has 0 aromatic carbocycles. The number of nitrogens with zero attached hydrogens (tertiary/aromatic N) is 2. The SMILES string of the molecule is Cc1cc(C2CCCO2)oc(=O)c1C(=O)NCc1noc(-c2cccs2)n1. The molecule has 0 radical (unpaired) electrons. The van der Waals surface area contributed by atoms with Crippen LogP contribution >= 0.6 is 11.3 Å². The predicted molar refractivity (Wildman–Crippen MR) is 96.4 cm³/mol. The summed E-state index contributed by atoms with van der Waals surface area (Å²) in [4.78, 5) is 29.8. The van der Waals surface area contributed by atoms with Crippen LogP contribution in [-0.2, 0) is 11.3 Å². The van der Waals surface area contributed by atoms with Crippen molar-refractivity contribution in [2.45, 2.75) is 32.4 Å². The third-order valence-electron chi connectivity index (χ3n) is 4.25. The van der Waals surface area contributed by atoms with Gasteiger partial charge in [0.1, 0.15) is 17.4 Å². The highest BCUT2D eigenvalue weighted by atomic mass is 32.1. The Morgan fingerprint density at radius 1 is 1.44 bits per heavy atom. The maximum atomic E-state index is 12.4. The Morgan fingerprint density at radius 2 is 2.33 bits per heavy atom. The van der Waals surface area contributed by atoms with Crippen LogP contribution in [0.5, 0.6) is 0 Å². The largest absolute Gasteiger partial charge is 0.424 e. The Morgan fingerprint density at radius 3 is 3.04 bits per heavy atom. The van der Waals surface area contributed by atoms with Gasteiger partial charge in [0.25, 0.3) is 11.8 Å². The molecule has 1 amide bonds. The van der Waals surface area contributed by atoms with Crippen LogP contribution in [0.2, 0.25) is 0 Å². The molecule has 1 aliphatic heterocycles. The van der Waals surface area contributed by atoms with E-state index in [1.165, 1.54) is 11.3 Å². The number of carbonyl (C=O) groups is 1. The van der Waals surface area contributed by atoms with Gasteiger partial charge in [0.2, 0.25) is 0 Å². The highest BCUT2D eigenvalue weighted by Gasteiger charge is 2.24. The molecule has 0 saturated carbocycles. The first-order valence-corrected chi connectivity index (χ1v) is 9.40. The van der Waals surface area contributed by atoms with E-state index in [1.807, 2.05) is 17.5 Å². The Labute approximate surface area is 158 Å². The molecule has 3 aromatic rings. The van der Waals surface area contributed by atoms with Crippen LogP contribution in [0.3, 0.4) is 0 Å². The fourth-order valence-corrected chi connectivity index (χ4v) is 3.58. The predicted octanol–water partition coefficient (Wildman–Crippen LogP) is 2.84. The van der Waals surface area contributed by atoms with Crippen molar-refractivity contribution in [3.05, 3.63) is 56.7 Å². The molecule has 1 fully saturated rings. The van der Waals surface area contributed by atoms with Crippen LogP contribution in [0.4, 0.5) is 0 Å². The van der Waals surface area contributed by atoms with E-state index >= 15 is 0 Å². The summed E-state index contributed by atoms with van der Waals surface area (Å²) in [5.74, 6) is 0.642. The molecule has 0 bridgehead atoms. The van der Waals surface area contributed by atoms with E-state index in [1.54, 1.807) is 13.0 Å². The van der Waals surface area contributed by atoms with E-state index in [2.05, 4.69) is 15.5 Å². The Kier molecular flexibility index (Phi) is 4.87. The standard InChI is InChI=1S/C18H17N3O5S/c1-10-8-12(11-4-2-6-24-11)25-18(23)15(10)16(22)19-9-14-20-17(26-21-14)13-5-3-7-27-13/h3,5,7-8,11H,2,4,6,9H2,1H3,(H,19,22). The van der Waals surface area contributed by atoms with Crippen LogP contribution in [0.25, 0.3) is 10.8 Å². The average molecular weight is 387 g/mol. The molecule has 1 atom stereocenters. The second-order valence-corrected chi connectivity index (χ2v) is 7.12. The number of hydrogen-bond acceptors (Lipinski definition) is 8. The highest BCUT2D eigenvalue weighted by molar-refractivity contribution is 7.13. The monoisotopic (exact) mass is 387 g/mol. The number of carbonyl (C=O) groups excluding carboxylic acids is 1. The van der Waals surface area contributed by atoms with Gasteiger partial charge in [-0.2, -0.15) is 4.98 Å². The van der Waals surface area contributed by atoms with Crippen molar-refractivity contribution in [3.63, 3.8) is 0 Å². The number of amides is 1.